The van der Waals surface area contributed by atoms with Crippen molar-refractivity contribution < 1.29 is 19.4 Å². The van der Waals surface area contributed by atoms with Gasteiger partial charge in [-0.2, -0.15) is 0 Å². The van der Waals surface area contributed by atoms with Crippen LogP contribution in [0.2, 0.25) is 0 Å². The van der Waals surface area contributed by atoms with Gasteiger partial charge in [-0.05, 0) is 6.42 Å². The van der Waals surface area contributed by atoms with Gasteiger partial charge in [-0.15, -0.1) is 0 Å². The van der Waals surface area contributed by atoms with Crippen LogP contribution in [0.3, 0.4) is 0 Å². The van der Waals surface area contributed by atoms with Gasteiger partial charge in [0.15, 0.2) is 0 Å². The van der Waals surface area contributed by atoms with Gasteiger partial charge < -0.3 is 15.6 Å². The van der Waals surface area contributed by atoms with Crippen molar-refractivity contribution in [2.45, 2.75) is 18.9 Å². The second-order valence-corrected chi connectivity index (χ2v) is 3.05. The van der Waals surface area contributed by atoms with Crippen LogP contribution < -0.4 is 5.73 Å². The standard InChI is InChI=1S/C7H11NO4/c1-4(9)12-3-5-2-7(5,8)6(10)11/h5H,2-3,8H2,1H3,(H,10,11). The van der Waals surface area contributed by atoms with Crippen molar-refractivity contribution in [2.24, 2.45) is 11.7 Å². The number of nitrogens with two attached hydrogens (primary N) is 1. The summed E-state index contributed by atoms with van der Waals surface area (Å²) in [6.45, 7) is 1.39. The van der Waals surface area contributed by atoms with Crippen LogP contribution >= 0.6 is 0 Å². The number of aliphatic carboxylic acids is 1. The molecule has 0 aromatic heterocycles. The Hall–Kier alpha value is -1.10. The van der Waals surface area contributed by atoms with E-state index in [1.165, 1.54) is 6.92 Å². The van der Waals surface area contributed by atoms with E-state index in [2.05, 4.69) is 4.74 Å². The van der Waals surface area contributed by atoms with Gasteiger partial charge in [0.1, 0.15) is 5.54 Å². The zero-order chi connectivity index (χ0) is 9.35. The van der Waals surface area contributed by atoms with Crippen LogP contribution in [0.1, 0.15) is 13.3 Å². The molecule has 0 heterocycles. The maximum absolute atomic E-state index is 10.5. The highest BCUT2D eigenvalue weighted by molar-refractivity contribution is 5.83. The molecule has 68 valence electrons. The van der Waals surface area contributed by atoms with Gasteiger partial charge in [0, 0.05) is 12.8 Å². The Morgan fingerprint density at radius 1 is 1.75 bits per heavy atom. The summed E-state index contributed by atoms with van der Waals surface area (Å²) < 4.78 is 4.63. The fourth-order valence-electron chi connectivity index (χ4n) is 1.04. The zero-order valence-corrected chi connectivity index (χ0v) is 6.74. The lowest BCUT2D eigenvalue weighted by molar-refractivity contribution is -0.144. The summed E-state index contributed by atoms with van der Waals surface area (Å²) in [5, 5.41) is 8.58. The summed E-state index contributed by atoms with van der Waals surface area (Å²) in [4.78, 5) is 20.8. The summed E-state index contributed by atoms with van der Waals surface area (Å²) in [5.74, 6) is -1.66. The molecule has 12 heavy (non-hydrogen) atoms. The van der Waals surface area contributed by atoms with E-state index in [-0.39, 0.29) is 12.5 Å². The number of ether oxygens (including phenoxy) is 1. The van der Waals surface area contributed by atoms with Crippen LogP contribution in [0.5, 0.6) is 0 Å². The molecule has 0 amide bonds. The third-order valence-corrected chi connectivity index (χ3v) is 2.04. The van der Waals surface area contributed by atoms with Crippen LogP contribution in [0, 0.1) is 5.92 Å². The number of carboxylic acids is 1. The summed E-state index contributed by atoms with van der Waals surface area (Å²) in [6, 6.07) is 0. The molecule has 1 aliphatic rings. The Balaban J connectivity index is 2.32. The number of esters is 1. The Kier molecular flexibility index (Phi) is 2.06. The molecule has 0 aromatic carbocycles. The predicted molar refractivity (Wildman–Crippen MR) is 39.3 cm³/mol. The Bertz CT molecular complexity index is 227. The number of carboxylic acid groups (broad SMARTS) is 1. The van der Waals surface area contributed by atoms with E-state index in [9.17, 15) is 9.59 Å². The van der Waals surface area contributed by atoms with Gasteiger partial charge in [-0.3, -0.25) is 9.59 Å². The largest absolute Gasteiger partial charge is 0.480 e. The van der Waals surface area contributed by atoms with E-state index in [1.807, 2.05) is 0 Å². The van der Waals surface area contributed by atoms with Crippen LogP contribution in [-0.2, 0) is 14.3 Å². The van der Waals surface area contributed by atoms with Crippen molar-refractivity contribution in [2.75, 3.05) is 6.61 Å². The third kappa shape index (κ3) is 1.55. The Morgan fingerprint density at radius 2 is 2.33 bits per heavy atom. The molecule has 1 aliphatic carbocycles. The maximum atomic E-state index is 10.5. The molecule has 2 unspecified atom stereocenters. The minimum atomic E-state index is -1.16. The monoisotopic (exact) mass is 173 g/mol. The van der Waals surface area contributed by atoms with E-state index in [4.69, 9.17) is 10.8 Å². The van der Waals surface area contributed by atoms with Crippen molar-refractivity contribution >= 4 is 11.9 Å². The van der Waals surface area contributed by atoms with Crippen LogP contribution in [0.25, 0.3) is 0 Å². The Labute approximate surface area is 69.5 Å². The number of rotatable bonds is 3. The topological polar surface area (TPSA) is 89.6 Å². The summed E-state index contributed by atoms with van der Waals surface area (Å²) in [7, 11) is 0. The van der Waals surface area contributed by atoms with Crippen LogP contribution in [-0.4, -0.2) is 29.2 Å². The minimum absolute atomic E-state index is 0.109. The number of hydrogen-bond acceptors (Lipinski definition) is 4. The van der Waals surface area contributed by atoms with E-state index in [1.54, 1.807) is 0 Å². The highest BCUT2D eigenvalue weighted by Gasteiger charge is 2.58. The van der Waals surface area contributed by atoms with E-state index < -0.39 is 17.5 Å². The average Bonchev–Trinajstić information content (AvgIpc) is 2.59. The quantitative estimate of drug-likeness (QED) is 0.553. The second-order valence-electron chi connectivity index (χ2n) is 3.05. The molecule has 2 atom stereocenters. The summed E-state index contributed by atoms with van der Waals surface area (Å²) in [5.41, 5.74) is 4.27. The van der Waals surface area contributed by atoms with Gasteiger partial charge in [0.25, 0.3) is 0 Å². The molecule has 0 saturated heterocycles. The molecule has 0 spiro atoms. The fourth-order valence-corrected chi connectivity index (χ4v) is 1.04. The van der Waals surface area contributed by atoms with E-state index in [0.717, 1.165) is 0 Å². The van der Waals surface area contributed by atoms with Crippen molar-refractivity contribution in [3.8, 4) is 0 Å². The molecule has 0 aliphatic heterocycles. The van der Waals surface area contributed by atoms with Crippen molar-refractivity contribution in [3.63, 3.8) is 0 Å². The minimum Gasteiger partial charge on any atom is -0.480 e. The van der Waals surface area contributed by atoms with Crippen LogP contribution in [0.15, 0.2) is 0 Å². The first-order valence-electron chi connectivity index (χ1n) is 3.62. The van der Waals surface area contributed by atoms with Crippen LogP contribution in [0.4, 0.5) is 0 Å². The number of hydrogen-bond donors (Lipinski definition) is 2. The highest BCUT2D eigenvalue weighted by atomic mass is 16.5. The summed E-state index contributed by atoms with van der Waals surface area (Å²) in [6.07, 6.45) is 0.385. The first kappa shape index (κ1) is 8.99. The molecule has 1 rings (SSSR count). The molecular weight excluding hydrogens is 162 g/mol. The zero-order valence-electron chi connectivity index (χ0n) is 6.74. The van der Waals surface area contributed by atoms with Gasteiger partial charge in [0.05, 0.1) is 6.61 Å². The number of carbonyl (C=O) groups is 2. The summed E-state index contributed by atoms with van der Waals surface area (Å²) >= 11 is 0. The molecule has 3 N–H and O–H groups in total. The van der Waals surface area contributed by atoms with Gasteiger partial charge in [-0.25, -0.2) is 0 Å². The lowest BCUT2D eigenvalue weighted by Gasteiger charge is -2.04. The van der Waals surface area contributed by atoms with Crippen molar-refractivity contribution in [1.29, 1.82) is 0 Å². The lowest BCUT2D eigenvalue weighted by Crippen LogP contribution is -2.36. The molecule has 1 saturated carbocycles. The van der Waals surface area contributed by atoms with Gasteiger partial charge in [-0.1, -0.05) is 0 Å². The third-order valence-electron chi connectivity index (χ3n) is 2.04. The van der Waals surface area contributed by atoms with Crippen molar-refractivity contribution in [1.82, 2.24) is 0 Å². The van der Waals surface area contributed by atoms with E-state index >= 15 is 0 Å². The maximum Gasteiger partial charge on any atom is 0.324 e. The highest BCUT2D eigenvalue weighted by Crippen LogP contribution is 2.41. The smallest absolute Gasteiger partial charge is 0.324 e. The normalized spacial score (nSPS) is 32.7. The van der Waals surface area contributed by atoms with Crippen molar-refractivity contribution in [3.05, 3.63) is 0 Å². The average molecular weight is 173 g/mol. The van der Waals surface area contributed by atoms with E-state index in [0.29, 0.717) is 6.42 Å². The molecular formula is C7H11NO4. The first-order chi connectivity index (χ1) is 5.47. The fraction of sp³-hybridized carbons (Fsp3) is 0.714. The van der Waals surface area contributed by atoms with Gasteiger partial charge in [0.2, 0.25) is 0 Å². The Morgan fingerprint density at radius 3 is 2.67 bits per heavy atom. The molecule has 5 heteroatoms. The molecule has 5 nitrogen and oxygen atoms in total. The lowest BCUT2D eigenvalue weighted by atomic mass is 10.2. The SMILES string of the molecule is CC(=O)OCC1CC1(N)C(=O)O. The van der Waals surface area contributed by atoms with Gasteiger partial charge >= 0.3 is 11.9 Å². The molecule has 0 radical (unpaired) electrons. The molecule has 1 fully saturated rings. The molecule has 0 aromatic rings. The second kappa shape index (κ2) is 2.75. The number of carbonyl (C=O) groups excluding carboxylic acids is 1. The molecule has 0 bridgehead atoms. The predicted octanol–water partition coefficient (Wildman–Crippen LogP) is -0.648. The first-order valence-corrected chi connectivity index (χ1v) is 3.62.